The predicted octanol–water partition coefficient (Wildman–Crippen LogP) is 3.71. The molecule has 3 aliphatic rings. The lowest BCUT2D eigenvalue weighted by molar-refractivity contribution is -0.137. The normalized spacial score (nSPS) is 22.6. The van der Waals surface area contributed by atoms with Crippen molar-refractivity contribution in [2.24, 2.45) is 4.99 Å². The van der Waals surface area contributed by atoms with Crippen LogP contribution in [0.4, 0.5) is 5.69 Å². The summed E-state index contributed by atoms with van der Waals surface area (Å²) in [7, 11) is 0. The van der Waals surface area contributed by atoms with E-state index in [1.54, 1.807) is 9.80 Å². The van der Waals surface area contributed by atoms with E-state index in [0.717, 1.165) is 30.7 Å². The highest BCUT2D eigenvalue weighted by atomic mass is 32.2. The molecule has 188 valence electrons. The molecular formula is C27H29N3O5S. The molecule has 1 atom stereocenters. The van der Waals surface area contributed by atoms with Crippen molar-refractivity contribution >= 4 is 40.5 Å². The van der Waals surface area contributed by atoms with Crippen LogP contribution in [-0.2, 0) is 19.1 Å². The number of ether oxygens (including phenoxy) is 3. The summed E-state index contributed by atoms with van der Waals surface area (Å²) >= 11 is 1.37. The zero-order valence-corrected chi connectivity index (χ0v) is 20.8. The van der Waals surface area contributed by atoms with Crippen LogP contribution < -0.4 is 4.74 Å². The molecule has 2 aromatic rings. The van der Waals surface area contributed by atoms with Crippen LogP contribution >= 0.6 is 11.8 Å². The molecule has 3 aliphatic heterocycles. The maximum atomic E-state index is 13.3. The van der Waals surface area contributed by atoms with Crippen molar-refractivity contribution in [3.05, 3.63) is 65.1 Å². The van der Waals surface area contributed by atoms with E-state index in [0.29, 0.717) is 48.7 Å². The van der Waals surface area contributed by atoms with Crippen molar-refractivity contribution in [2.75, 3.05) is 46.1 Å². The third-order valence-corrected chi connectivity index (χ3v) is 7.19. The number of amides is 2. The molecule has 3 heterocycles. The van der Waals surface area contributed by atoms with Crippen molar-refractivity contribution in [3.8, 4) is 5.75 Å². The van der Waals surface area contributed by atoms with Gasteiger partial charge in [-0.25, -0.2) is 4.99 Å². The van der Waals surface area contributed by atoms with Gasteiger partial charge in [-0.1, -0.05) is 30.3 Å². The topological polar surface area (TPSA) is 80.7 Å². The van der Waals surface area contributed by atoms with Crippen LogP contribution in [0.1, 0.15) is 18.4 Å². The maximum absolute atomic E-state index is 13.3. The van der Waals surface area contributed by atoms with Gasteiger partial charge in [-0.3, -0.25) is 14.5 Å². The average Bonchev–Trinajstić information content (AvgIpc) is 3.53. The molecule has 2 aromatic carbocycles. The number of thioether (sulfide) groups is 1. The first kappa shape index (κ1) is 24.5. The molecule has 0 radical (unpaired) electrons. The van der Waals surface area contributed by atoms with Crippen LogP contribution in [0.25, 0.3) is 6.08 Å². The van der Waals surface area contributed by atoms with Gasteiger partial charge < -0.3 is 19.1 Å². The molecule has 0 aliphatic carbocycles. The van der Waals surface area contributed by atoms with E-state index in [1.807, 2.05) is 60.7 Å². The molecular weight excluding hydrogens is 478 g/mol. The number of aliphatic imine (C=N–C) groups is 1. The highest BCUT2D eigenvalue weighted by Gasteiger charge is 2.35. The summed E-state index contributed by atoms with van der Waals surface area (Å²) < 4.78 is 16.7. The Bertz CT molecular complexity index is 1120. The van der Waals surface area contributed by atoms with Gasteiger partial charge in [-0.2, -0.15) is 0 Å². The lowest BCUT2D eigenvalue weighted by atomic mass is 10.2. The standard InChI is InChI=1S/C27H29N3O5S/c31-25(29-12-15-33-16-13-29)19-35-22-10-8-20(9-11-22)17-24-26(32)30(18-23-7-4-14-34-23)27(36-24)28-21-5-2-1-3-6-21/h1-3,5-6,8-11,17,23H,4,7,12-16,18-19H2/b24-17-,28-27?/t23-/m1/s1. The van der Waals surface area contributed by atoms with E-state index in [4.69, 9.17) is 19.2 Å². The van der Waals surface area contributed by atoms with Crippen LogP contribution in [0.2, 0.25) is 0 Å². The van der Waals surface area contributed by atoms with Gasteiger partial charge in [0.25, 0.3) is 11.8 Å². The van der Waals surface area contributed by atoms with Crippen LogP contribution in [0, 0.1) is 0 Å². The summed E-state index contributed by atoms with van der Waals surface area (Å²) in [6.45, 7) is 3.55. The SMILES string of the molecule is O=C(COc1ccc(/C=C2\SC(=Nc3ccccc3)N(C[C@H]3CCCO3)C2=O)cc1)N1CCOCC1. The monoisotopic (exact) mass is 507 g/mol. The van der Waals surface area contributed by atoms with E-state index in [9.17, 15) is 9.59 Å². The predicted molar refractivity (Wildman–Crippen MR) is 139 cm³/mol. The summed E-state index contributed by atoms with van der Waals surface area (Å²) in [5.74, 6) is 0.492. The molecule has 5 rings (SSSR count). The van der Waals surface area contributed by atoms with Crippen molar-refractivity contribution in [1.82, 2.24) is 9.80 Å². The van der Waals surface area contributed by atoms with Gasteiger partial charge >= 0.3 is 0 Å². The molecule has 0 saturated carbocycles. The second-order valence-corrected chi connectivity index (χ2v) is 9.75. The van der Waals surface area contributed by atoms with Gasteiger partial charge in [-0.05, 0) is 60.5 Å². The number of hydrogen-bond donors (Lipinski definition) is 0. The molecule has 0 spiro atoms. The summed E-state index contributed by atoms with van der Waals surface area (Å²) in [6.07, 6.45) is 3.86. The second-order valence-electron chi connectivity index (χ2n) is 8.74. The van der Waals surface area contributed by atoms with Gasteiger partial charge in [0, 0.05) is 19.7 Å². The summed E-state index contributed by atoms with van der Waals surface area (Å²) in [5, 5.41) is 0.662. The molecule has 3 saturated heterocycles. The Morgan fingerprint density at radius 1 is 1.08 bits per heavy atom. The summed E-state index contributed by atoms with van der Waals surface area (Å²) in [5.41, 5.74) is 1.68. The Hall–Kier alpha value is -3.14. The van der Waals surface area contributed by atoms with E-state index in [1.165, 1.54) is 11.8 Å². The minimum Gasteiger partial charge on any atom is -0.484 e. The number of para-hydroxylation sites is 1. The fraction of sp³-hybridized carbons (Fsp3) is 0.370. The zero-order chi connectivity index (χ0) is 24.7. The number of amidine groups is 1. The molecule has 8 nitrogen and oxygen atoms in total. The van der Waals surface area contributed by atoms with Crippen LogP contribution in [0.15, 0.2) is 64.5 Å². The molecule has 36 heavy (non-hydrogen) atoms. The fourth-order valence-electron chi connectivity index (χ4n) is 4.22. The summed E-state index contributed by atoms with van der Waals surface area (Å²) in [6, 6.07) is 17.0. The average molecular weight is 508 g/mol. The number of carbonyl (C=O) groups is 2. The zero-order valence-electron chi connectivity index (χ0n) is 20.0. The highest BCUT2D eigenvalue weighted by Crippen LogP contribution is 2.35. The third-order valence-electron chi connectivity index (χ3n) is 6.18. The van der Waals surface area contributed by atoms with Crippen LogP contribution in [-0.4, -0.2) is 78.9 Å². The molecule has 0 aromatic heterocycles. The molecule has 0 N–H and O–H groups in total. The Morgan fingerprint density at radius 2 is 1.86 bits per heavy atom. The van der Waals surface area contributed by atoms with Crippen molar-refractivity contribution in [3.63, 3.8) is 0 Å². The minimum absolute atomic E-state index is 0.00766. The fourth-order valence-corrected chi connectivity index (χ4v) is 5.23. The number of nitrogens with zero attached hydrogens (tertiary/aromatic N) is 3. The van der Waals surface area contributed by atoms with Gasteiger partial charge in [0.15, 0.2) is 11.8 Å². The first-order valence-corrected chi connectivity index (χ1v) is 13.0. The Kier molecular flexibility index (Phi) is 8.00. The number of rotatable bonds is 7. The van der Waals surface area contributed by atoms with E-state index >= 15 is 0 Å². The smallest absolute Gasteiger partial charge is 0.266 e. The number of morpholine rings is 1. The van der Waals surface area contributed by atoms with Crippen LogP contribution in [0.5, 0.6) is 5.75 Å². The highest BCUT2D eigenvalue weighted by molar-refractivity contribution is 8.18. The number of hydrogen-bond acceptors (Lipinski definition) is 7. The number of benzene rings is 2. The Morgan fingerprint density at radius 3 is 2.58 bits per heavy atom. The largest absolute Gasteiger partial charge is 0.484 e. The maximum Gasteiger partial charge on any atom is 0.266 e. The lowest BCUT2D eigenvalue weighted by Gasteiger charge is -2.26. The second kappa shape index (κ2) is 11.7. The van der Waals surface area contributed by atoms with Gasteiger partial charge in [0.05, 0.1) is 36.5 Å². The Labute approximate surface area is 214 Å². The van der Waals surface area contributed by atoms with E-state index in [-0.39, 0.29) is 24.5 Å². The van der Waals surface area contributed by atoms with Crippen molar-refractivity contribution < 1.29 is 23.8 Å². The Balaban J connectivity index is 1.26. The first-order chi connectivity index (χ1) is 17.7. The molecule has 0 bridgehead atoms. The van der Waals surface area contributed by atoms with E-state index in [2.05, 4.69) is 0 Å². The third kappa shape index (κ3) is 6.16. The molecule has 2 amide bonds. The molecule has 3 fully saturated rings. The van der Waals surface area contributed by atoms with Gasteiger partial charge in [0.1, 0.15) is 5.75 Å². The van der Waals surface area contributed by atoms with Crippen molar-refractivity contribution in [1.29, 1.82) is 0 Å². The van der Waals surface area contributed by atoms with Gasteiger partial charge in [0.2, 0.25) is 0 Å². The van der Waals surface area contributed by atoms with E-state index < -0.39 is 0 Å². The van der Waals surface area contributed by atoms with Gasteiger partial charge in [-0.15, -0.1) is 0 Å². The molecule has 0 unspecified atom stereocenters. The molecule has 9 heteroatoms. The van der Waals surface area contributed by atoms with Crippen molar-refractivity contribution in [2.45, 2.75) is 18.9 Å². The quantitative estimate of drug-likeness (QED) is 0.532. The first-order valence-electron chi connectivity index (χ1n) is 12.2. The summed E-state index contributed by atoms with van der Waals surface area (Å²) in [4.78, 5) is 34.4. The lowest BCUT2D eigenvalue weighted by Crippen LogP contribution is -2.42. The van der Waals surface area contributed by atoms with Crippen LogP contribution in [0.3, 0.4) is 0 Å². The number of carbonyl (C=O) groups excluding carboxylic acids is 2. The minimum atomic E-state index is -0.0679.